The van der Waals surface area contributed by atoms with Crippen molar-refractivity contribution in [2.24, 2.45) is 0 Å². The van der Waals surface area contributed by atoms with Gasteiger partial charge in [0.2, 0.25) is 0 Å². The lowest BCUT2D eigenvalue weighted by Crippen LogP contribution is -2.68. The van der Waals surface area contributed by atoms with E-state index in [0.29, 0.717) is 6.42 Å². The maximum atomic E-state index is 11.4. The third-order valence-corrected chi connectivity index (χ3v) is 9.46. The molecule has 0 radical (unpaired) electrons. The predicted octanol–water partition coefficient (Wildman–Crippen LogP) is -0.798. The lowest BCUT2D eigenvalue weighted by Gasteiger charge is -2.32. The van der Waals surface area contributed by atoms with Gasteiger partial charge in [0.15, 0.2) is 0 Å². The van der Waals surface area contributed by atoms with Gasteiger partial charge in [-0.15, -0.1) is 10.2 Å². The third-order valence-electron chi connectivity index (χ3n) is 4.59. The Labute approximate surface area is 173 Å². The van der Waals surface area contributed by atoms with Crippen LogP contribution in [0.1, 0.15) is 13.3 Å². The fraction of sp³-hybridized carbons (Fsp3) is 0.136. The van der Waals surface area contributed by atoms with Gasteiger partial charge in [-0.2, -0.15) is 0 Å². The Morgan fingerprint density at radius 3 is 1.24 bits per heavy atom. The first-order valence-electron chi connectivity index (χ1n) is 8.91. The van der Waals surface area contributed by atoms with Gasteiger partial charge in [-0.3, -0.25) is 0 Å². The Bertz CT molecular complexity index is 767. The molecule has 0 aromatic heterocycles. The van der Waals surface area contributed by atoms with Crippen LogP contribution in [0.25, 0.3) is 0 Å². The normalized spacial score (nSPS) is 12.4. The molecule has 1 unspecified atom stereocenters. The van der Waals surface area contributed by atoms with Crippen LogP contribution in [-0.4, -0.2) is 11.9 Å². The van der Waals surface area contributed by atoms with Crippen molar-refractivity contribution < 1.29 is 33.7 Å². The minimum Gasteiger partial charge on any atom is -0.303 e. The molecule has 3 aromatic carbocycles. The Kier molecular flexibility index (Phi) is 8.47. The molecule has 3 aromatic rings. The molecule has 3 rings (SSSR count). The largest absolute Gasteiger partial charge is 0.303 e. The van der Waals surface area contributed by atoms with Crippen LogP contribution < -0.4 is 34.5 Å². The molecule has 0 N–H and O–H groups in total. The molecule has 0 aliphatic rings. The summed E-state index contributed by atoms with van der Waals surface area (Å²) in [6.45, 7) is 2.22. The van der Waals surface area contributed by atoms with E-state index < -0.39 is 17.5 Å². The van der Waals surface area contributed by atoms with Crippen molar-refractivity contribution in [1.29, 1.82) is 0 Å². The highest BCUT2D eigenvalue weighted by Gasteiger charge is 2.49. The molecule has 0 aliphatic carbocycles. The molecule has 0 heterocycles. The number of carbonyl (C=O) groups is 1. The topological polar surface area (TPSA) is 109 Å². The molecule has 5 nitrogen and oxygen atoms in total. The summed E-state index contributed by atoms with van der Waals surface area (Å²) in [6.07, 6.45) is 1.63. The van der Waals surface area contributed by atoms with Crippen LogP contribution in [0.3, 0.4) is 0 Å². The Hall–Kier alpha value is -2.11. The standard InChI is InChI=1S/C22H22OP.ClHO4/c1-19(17-18-23)24(20-11-5-2-6-12-20,21-13-7-3-8-14-21)22-15-9-4-10-16-22;2-1(3,4)5/h2-16,18-19H,17H2,1H3;(H,2,3,4,5)/q+1;/p-1. The van der Waals surface area contributed by atoms with Crippen molar-refractivity contribution in [1.82, 2.24) is 0 Å². The van der Waals surface area contributed by atoms with E-state index in [9.17, 15) is 4.79 Å². The van der Waals surface area contributed by atoms with E-state index in [2.05, 4.69) is 97.9 Å². The first-order chi connectivity index (χ1) is 13.8. The number of halogens is 1. The van der Waals surface area contributed by atoms with Gasteiger partial charge in [0, 0.05) is 6.42 Å². The van der Waals surface area contributed by atoms with Crippen molar-refractivity contribution in [2.75, 3.05) is 0 Å². The molecule has 0 aliphatic heterocycles. The SMILES string of the molecule is CC(CC=O)[P+](c1ccccc1)(c1ccccc1)c1ccccc1.[O-][Cl+3]([O-])([O-])[O-]. The smallest absolute Gasteiger partial charge is 0.123 e. The molecule has 7 heteroatoms. The zero-order valence-corrected chi connectivity index (χ0v) is 17.5. The molecule has 0 saturated carbocycles. The van der Waals surface area contributed by atoms with E-state index in [1.54, 1.807) is 0 Å². The molecule has 29 heavy (non-hydrogen) atoms. The highest BCUT2D eigenvalue weighted by atomic mass is 35.7. The van der Waals surface area contributed by atoms with E-state index in [0.717, 1.165) is 6.29 Å². The maximum absolute atomic E-state index is 11.4. The average Bonchev–Trinajstić information content (AvgIpc) is 2.70. The van der Waals surface area contributed by atoms with Crippen molar-refractivity contribution in [3.8, 4) is 0 Å². The summed E-state index contributed by atoms with van der Waals surface area (Å²) in [5.41, 5.74) is 0.252. The summed E-state index contributed by atoms with van der Waals surface area (Å²) in [6, 6.07) is 32.1. The summed E-state index contributed by atoms with van der Waals surface area (Å²) >= 11 is 0. The number of benzene rings is 3. The van der Waals surface area contributed by atoms with Crippen molar-refractivity contribution in [2.45, 2.75) is 19.0 Å². The van der Waals surface area contributed by atoms with Gasteiger partial charge in [0.1, 0.15) is 29.5 Å². The van der Waals surface area contributed by atoms with Crippen LogP contribution in [0.2, 0.25) is 0 Å². The van der Waals surface area contributed by atoms with Gasteiger partial charge in [0.25, 0.3) is 0 Å². The zero-order chi connectivity index (χ0) is 21.3. The number of hydrogen-bond acceptors (Lipinski definition) is 5. The second-order valence-electron chi connectivity index (χ2n) is 6.36. The lowest BCUT2D eigenvalue weighted by atomic mass is 10.3. The van der Waals surface area contributed by atoms with Crippen molar-refractivity contribution in [3.05, 3.63) is 91.0 Å². The highest BCUT2D eigenvalue weighted by molar-refractivity contribution is 7.96. The van der Waals surface area contributed by atoms with E-state index in [-0.39, 0.29) is 5.66 Å². The number of carbonyl (C=O) groups excluding carboxylic acids is 1. The molecule has 0 spiro atoms. The summed E-state index contributed by atoms with van der Waals surface area (Å²) in [7, 11) is -6.84. The Morgan fingerprint density at radius 2 is 1.00 bits per heavy atom. The monoisotopic (exact) mass is 432 g/mol. The summed E-state index contributed by atoms with van der Waals surface area (Å²) in [5.74, 6) is 0. The molecule has 0 amide bonds. The fourth-order valence-electron chi connectivity index (χ4n) is 3.50. The van der Waals surface area contributed by atoms with Gasteiger partial charge in [-0.1, -0.05) is 54.6 Å². The molecule has 152 valence electrons. The minimum atomic E-state index is -4.94. The molecule has 1 atom stereocenters. The van der Waals surface area contributed by atoms with Crippen molar-refractivity contribution >= 4 is 29.5 Å². The van der Waals surface area contributed by atoms with Gasteiger partial charge >= 0.3 is 0 Å². The van der Waals surface area contributed by atoms with Gasteiger partial charge in [-0.05, 0) is 43.3 Å². The first kappa shape index (κ1) is 23.2. The second kappa shape index (κ2) is 10.6. The van der Waals surface area contributed by atoms with Gasteiger partial charge in [0.05, 0.1) is 5.66 Å². The second-order valence-corrected chi connectivity index (χ2v) is 11.0. The zero-order valence-electron chi connectivity index (χ0n) is 15.9. The van der Waals surface area contributed by atoms with Crippen LogP contribution in [0.4, 0.5) is 0 Å². The lowest BCUT2D eigenvalue weighted by molar-refractivity contribution is -2.00. The van der Waals surface area contributed by atoms with E-state index >= 15 is 0 Å². The summed E-state index contributed by atoms with van der Waals surface area (Å²) in [5, 5.41) is 3.99. The van der Waals surface area contributed by atoms with Crippen molar-refractivity contribution in [3.63, 3.8) is 0 Å². The van der Waals surface area contributed by atoms with Gasteiger partial charge in [-0.25, -0.2) is 18.6 Å². The van der Waals surface area contributed by atoms with Gasteiger partial charge < -0.3 is 4.79 Å². The average molecular weight is 433 g/mol. The fourth-order valence-corrected chi connectivity index (χ4v) is 8.25. The third kappa shape index (κ3) is 6.18. The predicted molar refractivity (Wildman–Crippen MR) is 105 cm³/mol. The minimum absolute atomic E-state index is 0.252. The van der Waals surface area contributed by atoms with E-state index in [1.807, 2.05) is 0 Å². The Morgan fingerprint density at radius 1 is 0.724 bits per heavy atom. The highest BCUT2D eigenvalue weighted by Crippen LogP contribution is 2.60. The maximum Gasteiger partial charge on any atom is 0.123 e. The summed E-state index contributed by atoms with van der Waals surface area (Å²) in [4.78, 5) is 11.4. The molecule has 0 bridgehead atoms. The van der Waals surface area contributed by atoms with Crippen LogP contribution in [0.5, 0.6) is 0 Å². The first-order valence-corrected chi connectivity index (χ1v) is 12.0. The van der Waals surface area contributed by atoms with Crippen LogP contribution >= 0.6 is 7.26 Å². The molecule has 0 fully saturated rings. The quantitative estimate of drug-likeness (QED) is 0.374. The van der Waals surface area contributed by atoms with Crippen LogP contribution in [0, 0.1) is 10.2 Å². The number of aldehydes is 1. The number of rotatable bonds is 6. The van der Waals surface area contributed by atoms with Crippen LogP contribution in [0.15, 0.2) is 91.0 Å². The summed E-state index contributed by atoms with van der Waals surface area (Å²) < 4.78 is 34.0. The number of hydrogen-bond donors (Lipinski definition) is 0. The molecule has 0 saturated heterocycles. The van der Waals surface area contributed by atoms with Crippen LogP contribution in [-0.2, 0) is 4.79 Å². The molecular formula is C22H22ClO5P. The Balaban J connectivity index is 0.000000537. The molecular weight excluding hydrogens is 411 g/mol. The van der Waals surface area contributed by atoms with E-state index in [1.165, 1.54) is 15.9 Å². The van der Waals surface area contributed by atoms with E-state index in [4.69, 9.17) is 18.6 Å².